The molecule has 2 N–H and O–H groups in total. The molecular weight excluding hydrogens is 336 g/mol. The molecule has 0 aliphatic heterocycles. The molecule has 0 spiro atoms. The van der Waals surface area contributed by atoms with Gasteiger partial charge in [-0.2, -0.15) is 0 Å². The normalized spacial score (nSPS) is 12.3. The van der Waals surface area contributed by atoms with Crippen molar-refractivity contribution >= 4 is 5.97 Å². The van der Waals surface area contributed by atoms with Crippen LogP contribution in [-0.2, 0) is 0 Å². The molecule has 0 aliphatic carbocycles. The number of rotatable bonds is 15. The molecule has 0 bridgehead atoms. The Balaban J connectivity index is 2.18. The number of hydrogen-bond acceptors (Lipinski definition) is 2. The third-order valence-electron chi connectivity index (χ3n) is 5.54. The summed E-state index contributed by atoms with van der Waals surface area (Å²) in [5.74, 6) is -0.930. The molecule has 154 valence electrons. The van der Waals surface area contributed by atoms with Crippen LogP contribution in [-0.4, -0.2) is 16.2 Å². The van der Waals surface area contributed by atoms with E-state index < -0.39 is 5.97 Å². The fraction of sp³-hybridized carbons (Fsp3) is 0.708. The van der Waals surface area contributed by atoms with Gasteiger partial charge >= 0.3 is 5.97 Å². The molecule has 0 saturated heterocycles. The fourth-order valence-electron chi connectivity index (χ4n) is 3.79. The summed E-state index contributed by atoms with van der Waals surface area (Å²) in [5.41, 5.74) is 1.68. The van der Waals surface area contributed by atoms with Crippen LogP contribution in [0.1, 0.15) is 125 Å². The van der Waals surface area contributed by atoms with E-state index in [-0.39, 0.29) is 17.2 Å². The number of carbonyl (C=O) groups is 1. The number of aromatic hydroxyl groups is 1. The maximum absolute atomic E-state index is 11.3. The first-order chi connectivity index (χ1) is 13.0. The standard InChI is InChI=1S/C24H40O3/c1-4-5-6-7-8-9-10-11-12-13-14-15-16-20(3)21-17-19(2)18-22(23(21)25)24(26)27/h17-18,20,25H,4-16H2,1-3H3,(H,26,27). The van der Waals surface area contributed by atoms with Crippen LogP contribution in [0.25, 0.3) is 0 Å². The molecule has 0 aromatic heterocycles. The lowest BCUT2D eigenvalue weighted by molar-refractivity contribution is 0.0693. The Bertz CT molecular complexity index is 551. The van der Waals surface area contributed by atoms with Crippen LogP contribution in [0.2, 0.25) is 0 Å². The minimum Gasteiger partial charge on any atom is -0.507 e. The Hall–Kier alpha value is -1.51. The summed E-state index contributed by atoms with van der Waals surface area (Å²) in [6, 6.07) is 3.46. The molecule has 0 saturated carbocycles. The summed E-state index contributed by atoms with van der Waals surface area (Å²) in [5, 5.41) is 19.5. The summed E-state index contributed by atoms with van der Waals surface area (Å²) >= 11 is 0. The number of aromatic carboxylic acids is 1. The van der Waals surface area contributed by atoms with Crippen molar-refractivity contribution in [2.45, 2.75) is 110 Å². The van der Waals surface area contributed by atoms with Crippen LogP contribution in [0.4, 0.5) is 0 Å². The molecular formula is C24H40O3. The molecule has 1 aromatic carbocycles. The SMILES string of the molecule is CCCCCCCCCCCCCCC(C)c1cc(C)cc(C(=O)O)c1O. The van der Waals surface area contributed by atoms with Crippen LogP contribution in [0, 0.1) is 6.92 Å². The van der Waals surface area contributed by atoms with Crippen molar-refractivity contribution in [2.24, 2.45) is 0 Å². The molecule has 0 radical (unpaired) electrons. The highest BCUT2D eigenvalue weighted by atomic mass is 16.4. The second-order valence-electron chi connectivity index (χ2n) is 8.13. The van der Waals surface area contributed by atoms with E-state index >= 15 is 0 Å². The highest BCUT2D eigenvalue weighted by Gasteiger charge is 2.18. The van der Waals surface area contributed by atoms with Crippen LogP contribution < -0.4 is 0 Å². The molecule has 0 amide bonds. The zero-order valence-corrected chi connectivity index (χ0v) is 17.7. The van der Waals surface area contributed by atoms with Crippen molar-refractivity contribution in [2.75, 3.05) is 0 Å². The lowest BCUT2D eigenvalue weighted by Crippen LogP contribution is -2.03. The number of carboxylic acid groups (broad SMARTS) is 1. The van der Waals surface area contributed by atoms with Gasteiger partial charge in [0.15, 0.2) is 0 Å². The second kappa shape index (κ2) is 13.6. The Morgan fingerprint density at radius 1 is 0.889 bits per heavy atom. The van der Waals surface area contributed by atoms with Crippen LogP contribution in [0.15, 0.2) is 12.1 Å². The van der Waals surface area contributed by atoms with Gasteiger partial charge in [-0.05, 0) is 36.5 Å². The monoisotopic (exact) mass is 376 g/mol. The highest BCUT2D eigenvalue weighted by Crippen LogP contribution is 2.33. The van der Waals surface area contributed by atoms with Gasteiger partial charge in [-0.3, -0.25) is 0 Å². The minimum atomic E-state index is -1.06. The van der Waals surface area contributed by atoms with E-state index in [0.29, 0.717) is 0 Å². The smallest absolute Gasteiger partial charge is 0.339 e. The number of benzene rings is 1. The largest absolute Gasteiger partial charge is 0.507 e. The summed E-state index contributed by atoms with van der Waals surface area (Å²) < 4.78 is 0. The Kier molecular flexibility index (Phi) is 11.9. The van der Waals surface area contributed by atoms with Crippen molar-refractivity contribution in [3.63, 3.8) is 0 Å². The fourth-order valence-corrected chi connectivity index (χ4v) is 3.79. The van der Waals surface area contributed by atoms with Crippen molar-refractivity contribution in [1.82, 2.24) is 0 Å². The molecule has 1 atom stereocenters. The molecule has 27 heavy (non-hydrogen) atoms. The van der Waals surface area contributed by atoms with Gasteiger partial charge in [0.05, 0.1) is 0 Å². The Labute approximate surface area is 166 Å². The number of unbranched alkanes of at least 4 members (excludes halogenated alkanes) is 11. The van der Waals surface area contributed by atoms with E-state index in [1.54, 1.807) is 0 Å². The first kappa shape index (κ1) is 23.5. The predicted molar refractivity (Wildman–Crippen MR) is 114 cm³/mol. The van der Waals surface area contributed by atoms with Crippen molar-refractivity contribution < 1.29 is 15.0 Å². The van der Waals surface area contributed by atoms with Crippen molar-refractivity contribution in [1.29, 1.82) is 0 Å². The van der Waals surface area contributed by atoms with Gasteiger partial charge in [0.25, 0.3) is 0 Å². The van der Waals surface area contributed by atoms with Crippen LogP contribution in [0.3, 0.4) is 0 Å². The summed E-state index contributed by atoms with van der Waals surface area (Å²) in [6.45, 7) is 6.22. The maximum atomic E-state index is 11.3. The first-order valence-electron chi connectivity index (χ1n) is 11.0. The van der Waals surface area contributed by atoms with Gasteiger partial charge in [0, 0.05) is 0 Å². The van der Waals surface area contributed by atoms with E-state index in [2.05, 4.69) is 13.8 Å². The zero-order valence-electron chi connectivity index (χ0n) is 17.7. The third-order valence-corrected chi connectivity index (χ3v) is 5.54. The lowest BCUT2D eigenvalue weighted by Gasteiger charge is -2.16. The van der Waals surface area contributed by atoms with E-state index in [4.69, 9.17) is 0 Å². The number of carboxylic acids is 1. The van der Waals surface area contributed by atoms with E-state index in [0.717, 1.165) is 24.0 Å². The van der Waals surface area contributed by atoms with Crippen molar-refractivity contribution in [3.8, 4) is 5.75 Å². The lowest BCUT2D eigenvalue weighted by atomic mass is 9.91. The molecule has 1 aromatic rings. The first-order valence-corrected chi connectivity index (χ1v) is 11.0. The zero-order chi connectivity index (χ0) is 20.1. The maximum Gasteiger partial charge on any atom is 0.339 e. The molecule has 3 heteroatoms. The van der Waals surface area contributed by atoms with E-state index in [1.165, 1.54) is 76.7 Å². The quantitative estimate of drug-likeness (QED) is 0.310. The molecule has 1 unspecified atom stereocenters. The summed E-state index contributed by atoms with van der Waals surface area (Å²) in [4.78, 5) is 11.3. The van der Waals surface area contributed by atoms with Crippen LogP contribution in [0.5, 0.6) is 5.75 Å². The molecule has 1 rings (SSSR count). The molecule has 3 nitrogen and oxygen atoms in total. The average Bonchev–Trinajstić information content (AvgIpc) is 2.63. The summed E-state index contributed by atoms with van der Waals surface area (Å²) in [6.07, 6.45) is 17.0. The second-order valence-corrected chi connectivity index (χ2v) is 8.13. The Morgan fingerprint density at radius 3 is 1.85 bits per heavy atom. The molecule has 0 heterocycles. The molecule has 0 fully saturated rings. The van der Waals surface area contributed by atoms with Gasteiger partial charge in [0.2, 0.25) is 0 Å². The van der Waals surface area contributed by atoms with Crippen LogP contribution >= 0.6 is 0 Å². The van der Waals surface area contributed by atoms with Crippen molar-refractivity contribution in [3.05, 3.63) is 28.8 Å². The minimum absolute atomic E-state index is 0.0199. The van der Waals surface area contributed by atoms with Gasteiger partial charge in [0.1, 0.15) is 11.3 Å². The van der Waals surface area contributed by atoms with E-state index in [1.807, 2.05) is 13.0 Å². The number of phenols is 1. The number of hydrogen-bond donors (Lipinski definition) is 2. The average molecular weight is 377 g/mol. The summed E-state index contributed by atoms with van der Waals surface area (Å²) in [7, 11) is 0. The highest BCUT2D eigenvalue weighted by molar-refractivity contribution is 5.91. The van der Waals surface area contributed by atoms with Gasteiger partial charge in [-0.1, -0.05) is 97.0 Å². The Morgan fingerprint density at radius 2 is 1.37 bits per heavy atom. The topological polar surface area (TPSA) is 57.5 Å². The van der Waals surface area contributed by atoms with Gasteiger partial charge < -0.3 is 10.2 Å². The third kappa shape index (κ3) is 9.30. The predicted octanol–water partition coefficient (Wildman–Crippen LogP) is 7.59. The van der Waals surface area contributed by atoms with Gasteiger partial charge in [-0.25, -0.2) is 4.79 Å². The van der Waals surface area contributed by atoms with E-state index in [9.17, 15) is 15.0 Å². The van der Waals surface area contributed by atoms with Gasteiger partial charge in [-0.15, -0.1) is 0 Å². The molecule has 0 aliphatic rings. The number of aryl methyl sites for hydroxylation is 1.